The predicted octanol–water partition coefficient (Wildman–Crippen LogP) is 0.703. The van der Waals surface area contributed by atoms with E-state index >= 15 is 0 Å². The minimum atomic E-state index is -3.68. The van der Waals surface area contributed by atoms with Gasteiger partial charge in [0.25, 0.3) is 10.0 Å². The lowest BCUT2D eigenvalue weighted by atomic mass is 10.2. The van der Waals surface area contributed by atoms with Gasteiger partial charge < -0.3 is 5.11 Å². The topological polar surface area (TPSA) is 95.1 Å². The molecule has 90 valence electrons. The van der Waals surface area contributed by atoms with Crippen LogP contribution in [0.1, 0.15) is 5.56 Å². The van der Waals surface area contributed by atoms with Gasteiger partial charge in [0.15, 0.2) is 5.03 Å². The van der Waals surface area contributed by atoms with Gasteiger partial charge >= 0.3 is 0 Å². The van der Waals surface area contributed by atoms with Gasteiger partial charge in [-0.25, -0.2) is 0 Å². The summed E-state index contributed by atoms with van der Waals surface area (Å²) in [6.07, 6.45) is 1.35. The lowest BCUT2D eigenvalue weighted by Crippen LogP contribution is -2.14. The van der Waals surface area contributed by atoms with Crippen molar-refractivity contribution < 1.29 is 13.5 Å². The second kappa shape index (κ2) is 4.56. The number of hydrogen-bond acceptors (Lipinski definition) is 4. The van der Waals surface area contributed by atoms with E-state index in [9.17, 15) is 8.42 Å². The molecule has 0 fully saturated rings. The molecule has 0 atom stereocenters. The van der Waals surface area contributed by atoms with Gasteiger partial charge in [0, 0.05) is 5.56 Å². The number of nitrogens with zero attached hydrogens (tertiary/aromatic N) is 1. The van der Waals surface area contributed by atoms with Crippen LogP contribution in [0.3, 0.4) is 0 Å². The third-order valence-electron chi connectivity index (χ3n) is 2.20. The molecule has 17 heavy (non-hydrogen) atoms. The van der Waals surface area contributed by atoms with Crippen LogP contribution in [0, 0.1) is 0 Å². The molecule has 0 spiro atoms. The summed E-state index contributed by atoms with van der Waals surface area (Å²) in [6.45, 7) is -0.234. The largest absolute Gasteiger partial charge is 0.392 e. The van der Waals surface area contributed by atoms with E-state index in [4.69, 9.17) is 5.11 Å². The molecule has 0 radical (unpaired) electrons. The molecule has 0 aliphatic carbocycles. The molecule has 2 rings (SSSR count). The van der Waals surface area contributed by atoms with E-state index in [0.717, 1.165) is 0 Å². The molecular formula is C10H11N3O3S. The Labute approximate surface area is 98.4 Å². The monoisotopic (exact) mass is 253 g/mol. The number of sulfonamides is 1. The number of benzene rings is 1. The first kappa shape index (κ1) is 11.6. The van der Waals surface area contributed by atoms with Gasteiger partial charge in [0.2, 0.25) is 0 Å². The summed E-state index contributed by atoms with van der Waals surface area (Å²) < 4.78 is 26.1. The van der Waals surface area contributed by atoms with Gasteiger partial charge in [0.1, 0.15) is 0 Å². The van der Waals surface area contributed by atoms with Crippen LogP contribution in [0.4, 0.5) is 5.69 Å². The Bertz CT molecular complexity index is 593. The highest BCUT2D eigenvalue weighted by Crippen LogP contribution is 2.18. The van der Waals surface area contributed by atoms with Crippen molar-refractivity contribution in [3.05, 3.63) is 42.1 Å². The maximum absolute atomic E-state index is 11.9. The zero-order chi connectivity index (χ0) is 12.3. The molecule has 2 aromatic rings. The molecule has 0 aliphatic heterocycles. The van der Waals surface area contributed by atoms with Crippen LogP contribution >= 0.6 is 0 Å². The first-order chi connectivity index (χ1) is 8.13. The Morgan fingerprint density at radius 1 is 1.29 bits per heavy atom. The highest BCUT2D eigenvalue weighted by molar-refractivity contribution is 7.92. The van der Waals surface area contributed by atoms with Crippen molar-refractivity contribution in [1.29, 1.82) is 0 Å². The van der Waals surface area contributed by atoms with E-state index in [-0.39, 0.29) is 11.6 Å². The SMILES string of the molecule is O=S(=O)(Nc1ccccc1CO)c1ccn[nH]1. The molecule has 6 nitrogen and oxygen atoms in total. The van der Waals surface area contributed by atoms with Crippen molar-refractivity contribution in [2.24, 2.45) is 0 Å². The highest BCUT2D eigenvalue weighted by Gasteiger charge is 2.16. The van der Waals surface area contributed by atoms with Crippen LogP contribution in [0.15, 0.2) is 41.6 Å². The van der Waals surface area contributed by atoms with E-state index in [1.54, 1.807) is 24.3 Å². The summed E-state index contributed by atoms with van der Waals surface area (Å²) >= 11 is 0. The molecule has 0 unspecified atom stereocenters. The molecule has 0 aliphatic rings. The minimum absolute atomic E-state index is 0.0229. The maximum atomic E-state index is 11.9. The van der Waals surface area contributed by atoms with Crippen molar-refractivity contribution in [3.8, 4) is 0 Å². The molecule has 0 bridgehead atoms. The number of aromatic amines is 1. The minimum Gasteiger partial charge on any atom is -0.392 e. The van der Waals surface area contributed by atoms with Gasteiger partial charge in [-0.3, -0.25) is 9.82 Å². The molecule has 1 aromatic carbocycles. The van der Waals surface area contributed by atoms with Crippen molar-refractivity contribution >= 4 is 15.7 Å². The van der Waals surface area contributed by atoms with Crippen LogP contribution in [0.2, 0.25) is 0 Å². The van der Waals surface area contributed by atoms with Gasteiger partial charge in [-0.1, -0.05) is 18.2 Å². The molecule has 1 aromatic heterocycles. The Balaban J connectivity index is 2.33. The van der Waals surface area contributed by atoms with Crippen LogP contribution in [-0.4, -0.2) is 23.7 Å². The summed E-state index contributed by atoms with van der Waals surface area (Å²) in [7, 11) is -3.68. The number of hydrogen-bond donors (Lipinski definition) is 3. The highest BCUT2D eigenvalue weighted by atomic mass is 32.2. The van der Waals surface area contributed by atoms with Crippen LogP contribution in [0.5, 0.6) is 0 Å². The number of anilines is 1. The van der Waals surface area contributed by atoms with Crippen molar-refractivity contribution in [1.82, 2.24) is 10.2 Å². The smallest absolute Gasteiger partial charge is 0.278 e. The second-order valence-electron chi connectivity index (χ2n) is 3.34. The zero-order valence-electron chi connectivity index (χ0n) is 8.79. The van der Waals surface area contributed by atoms with Gasteiger partial charge in [-0.05, 0) is 12.1 Å². The third kappa shape index (κ3) is 2.45. The van der Waals surface area contributed by atoms with Crippen LogP contribution in [-0.2, 0) is 16.6 Å². The van der Waals surface area contributed by atoms with Gasteiger partial charge in [0.05, 0.1) is 18.5 Å². The summed E-state index contributed by atoms with van der Waals surface area (Å²) in [5.41, 5.74) is 0.861. The lowest BCUT2D eigenvalue weighted by Gasteiger charge is -2.09. The average molecular weight is 253 g/mol. The number of aliphatic hydroxyl groups excluding tert-OH is 1. The molecule has 0 saturated carbocycles. The van der Waals surface area contributed by atoms with Crippen molar-refractivity contribution in [2.45, 2.75) is 11.6 Å². The number of H-pyrrole nitrogens is 1. The number of aliphatic hydroxyl groups is 1. The van der Waals surface area contributed by atoms with Crippen molar-refractivity contribution in [3.63, 3.8) is 0 Å². The van der Waals surface area contributed by atoms with Gasteiger partial charge in [-0.15, -0.1) is 0 Å². The summed E-state index contributed by atoms with van der Waals surface area (Å²) in [4.78, 5) is 0. The average Bonchev–Trinajstić information content (AvgIpc) is 2.83. The molecule has 0 amide bonds. The van der Waals surface area contributed by atoms with Crippen LogP contribution < -0.4 is 4.72 Å². The number of aromatic nitrogens is 2. The fourth-order valence-corrected chi connectivity index (χ4v) is 2.36. The van der Waals surface area contributed by atoms with E-state index in [0.29, 0.717) is 11.3 Å². The summed E-state index contributed by atoms with van der Waals surface area (Å²) in [6, 6.07) is 7.98. The zero-order valence-corrected chi connectivity index (χ0v) is 9.61. The number of para-hydroxylation sites is 1. The predicted molar refractivity (Wildman–Crippen MR) is 61.8 cm³/mol. The third-order valence-corrected chi connectivity index (χ3v) is 3.49. The lowest BCUT2D eigenvalue weighted by molar-refractivity contribution is 0.282. The first-order valence-corrected chi connectivity index (χ1v) is 6.33. The standard InChI is InChI=1S/C10H11N3O3S/c14-7-8-3-1-2-4-9(8)13-17(15,16)10-5-6-11-12-10/h1-6,13-14H,7H2,(H,11,12). The van der Waals surface area contributed by atoms with Gasteiger partial charge in [-0.2, -0.15) is 13.5 Å². The summed E-state index contributed by atoms with van der Waals surface area (Å²) in [5.74, 6) is 0. The Morgan fingerprint density at radius 2 is 2.06 bits per heavy atom. The van der Waals surface area contributed by atoms with E-state index in [1.165, 1.54) is 12.3 Å². The Kier molecular flexibility index (Phi) is 3.12. The molecular weight excluding hydrogens is 242 g/mol. The normalized spacial score (nSPS) is 11.4. The fraction of sp³-hybridized carbons (Fsp3) is 0.100. The van der Waals surface area contributed by atoms with Crippen LogP contribution in [0.25, 0.3) is 0 Å². The first-order valence-electron chi connectivity index (χ1n) is 4.84. The van der Waals surface area contributed by atoms with E-state index < -0.39 is 10.0 Å². The molecule has 1 heterocycles. The maximum Gasteiger partial charge on any atom is 0.278 e. The quantitative estimate of drug-likeness (QED) is 0.747. The summed E-state index contributed by atoms with van der Waals surface area (Å²) in [5, 5.41) is 15.0. The Morgan fingerprint density at radius 3 is 2.71 bits per heavy atom. The number of rotatable bonds is 4. The van der Waals surface area contributed by atoms with E-state index in [1.807, 2.05) is 0 Å². The molecule has 3 N–H and O–H groups in total. The molecule has 0 saturated heterocycles. The fourth-order valence-electron chi connectivity index (χ4n) is 1.35. The Hall–Kier alpha value is -1.86. The second-order valence-corrected chi connectivity index (χ2v) is 4.99. The van der Waals surface area contributed by atoms with E-state index in [2.05, 4.69) is 14.9 Å². The van der Waals surface area contributed by atoms with Crippen molar-refractivity contribution in [2.75, 3.05) is 4.72 Å². The number of nitrogens with one attached hydrogen (secondary N) is 2. The molecule has 7 heteroatoms.